The molecule has 1 amide bonds. The van der Waals surface area contributed by atoms with Gasteiger partial charge >= 0.3 is 0 Å². The standard InChI is InChI=1S/C11H13N5OS/c1-7-9(18-6-14-7)5-13-10-4-3-8(15-16-10)11(17)12-2/h3-4,6H,5H2,1-2H3,(H,12,17)(H,13,16). The van der Waals surface area contributed by atoms with E-state index in [2.05, 4.69) is 25.8 Å². The Kier molecular flexibility index (Phi) is 3.83. The van der Waals surface area contributed by atoms with Crippen molar-refractivity contribution in [2.75, 3.05) is 12.4 Å². The van der Waals surface area contributed by atoms with Crippen LogP contribution in [0.5, 0.6) is 0 Å². The molecule has 2 heterocycles. The molecular weight excluding hydrogens is 250 g/mol. The first-order chi connectivity index (χ1) is 8.70. The lowest BCUT2D eigenvalue weighted by Gasteiger charge is -2.04. The fraction of sp³-hybridized carbons (Fsp3) is 0.273. The number of hydrogen-bond acceptors (Lipinski definition) is 6. The smallest absolute Gasteiger partial charge is 0.271 e. The topological polar surface area (TPSA) is 79.8 Å². The van der Waals surface area contributed by atoms with E-state index < -0.39 is 0 Å². The summed E-state index contributed by atoms with van der Waals surface area (Å²) < 4.78 is 0. The fourth-order valence-corrected chi connectivity index (χ4v) is 2.06. The Morgan fingerprint density at radius 1 is 1.39 bits per heavy atom. The van der Waals surface area contributed by atoms with Gasteiger partial charge in [-0.1, -0.05) is 0 Å². The van der Waals surface area contributed by atoms with Crippen LogP contribution in [0.15, 0.2) is 17.6 Å². The number of nitrogens with zero attached hydrogens (tertiary/aromatic N) is 3. The Balaban J connectivity index is 1.98. The van der Waals surface area contributed by atoms with E-state index in [-0.39, 0.29) is 5.91 Å². The van der Waals surface area contributed by atoms with Crippen LogP contribution in [0.2, 0.25) is 0 Å². The monoisotopic (exact) mass is 263 g/mol. The van der Waals surface area contributed by atoms with Crippen molar-refractivity contribution in [2.45, 2.75) is 13.5 Å². The van der Waals surface area contributed by atoms with Gasteiger partial charge in [-0.15, -0.1) is 21.5 Å². The minimum Gasteiger partial charge on any atom is -0.364 e. The quantitative estimate of drug-likeness (QED) is 0.866. The van der Waals surface area contributed by atoms with Crippen molar-refractivity contribution in [3.63, 3.8) is 0 Å². The van der Waals surface area contributed by atoms with Gasteiger partial charge in [0.25, 0.3) is 5.91 Å². The molecule has 18 heavy (non-hydrogen) atoms. The van der Waals surface area contributed by atoms with Crippen LogP contribution in [0.25, 0.3) is 0 Å². The molecule has 0 aliphatic carbocycles. The first-order valence-corrected chi connectivity index (χ1v) is 6.27. The Morgan fingerprint density at radius 2 is 2.22 bits per heavy atom. The summed E-state index contributed by atoms with van der Waals surface area (Å²) in [6.45, 7) is 2.62. The molecule has 0 aliphatic rings. The first kappa shape index (κ1) is 12.4. The molecule has 0 bridgehead atoms. The maximum atomic E-state index is 11.3. The van der Waals surface area contributed by atoms with Gasteiger partial charge in [-0.25, -0.2) is 4.98 Å². The largest absolute Gasteiger partial charge is 0.364 e. The van der Waals surface area contributed by atoms with E-state index in [1.807, 2.05) is 12.4 Å². The summed E-state index contributed by atoms with van der Waals surface area (Å²) in [7, 11) is 1.56. The predicted octanol–water partition coefficient (Wildman–Crippen LogP) is 1.21. The summed E-state index contributed by atoms with van der Waals surface area (Å²) in [6.07, 6.45) is 0. The molecule has 2 N–H and O–H groups in total. The van der Waals surface area contributed by atoms with E-state index in [1.165, 1.54) is 0 Å². The highest BCUT2D eigenvalue weighted by Crippen LogP contribution is 2.13. The summed E-state index contributed by atoms with van der Waals surface area (Å²) in [5.74, 6) is 0.391. The van der Waals surface area contributed by atoms with Crippen molar-refractivity contribution in [3.8, 4) is 0 Å². The summed E-state index contributed by atoms with van der Waals surface area (Å²) >= 11 is 1.59. The summed E-state index contributed by atoms with van der Waals surface area (Å²) in [4.78, 5) is 16.6. The predicted molar refractivity (Wildman–Crippen MR) is 69.6 cm³/mol. The molecule has 0 saturated carbocycles. The average Bonchev–Trinajstić information content (AvgIpc) is 2.81. The van der Waals surface area contributed by atoms with Crippen LogP contribution < -0.4 is 10.6 Å². The van der Waals surface area contributed by atoms with Crippen LogP contribution in [0, 0.1) is 6.92 Å². The van der Waals surface area contributed by atoms with E-state index in [1.54, 1.807) is 30.5 Å². The van der Waals surface area contributed by atoms with Crippen molar-refractivity contribution in [2.24, 2.45) is 0 Å². The lowest BCUT2D eigenvalue weighted by molar-refractivity contribution is 0.0957. The van der Waals surface area contributed by atoms with E-state index in [0.717, 1.165) is 10.6 Å². The normalized spacial score (nSPS) is 10.1. The van der Waals surface area contributed by atoms with Gasteiger partial charge < -0.3 is 10.6 Å². The number of nitrogens with one attached hydrogen (secondary N) is 2. The second-order valence-corrected chi connectivity index (χ2v) is 4.54. The Bertz CT molecular complexity index is 537. The van der Waals surface area contributed by atoms with Gasteiger partial charge in [0.1, 0.15) is 5.82 Å². The van der Waals surface area contributed by atoms with Crippen molar-refractivity contribution in [1.29, 1.82) is 0 Å². The second-order valence-electron chi connectivity index (χ2n) is 3.60. The average molecular weight is 263 g/mol. The van der Waals surface area contributed by atoms with Gasteiger partial charge in [0, 0.05) is 11.9 Å². The third-order valence-electron chi connectivity index (χ3n) is 2.40. The first-order valence-electron chi connectivity index (χ1n) is 5.39. The number of hydrogen-bond donors (Lipinski definition) is 2. The minimum atomic E-state index is -0.243. The molecule has 0 aromatic carbocycles. The minimum absolute atomic E-state index is 0.243. The number of rotatable bonds is 4. The Hall–Kier alpha value is -2.02. The van der Waals surface area contributed by atoms with Crippen molar-refractivity contribution < 1.29 is 4.79 Å². The van der Waals surface area contributed by atoms with Crippen LogP contribution in [0.1, 0.15) is 21.1 Å². The highest BCUT2D eigenvalue weighted by Gasteiger charge is 2.06. The van der Waals surface area contributed by atoms with Crippen LogP contribution in [-0.2, 0) is 6.54 Å². The molecule has 0 spiro atoms. The third-order valence-corrected chi connectivity index (χ3v) is 3.33. The van der Waals surface area contributed by atoms with Gasteiger partial charge in [0.2, 0.25) is 0 Å². The fourth-order valence-electron chi connectivity index (χ4n) is 1.34. The number of carbonyl (C=O) groups excluding carboxylic acids is 1. The highest BCUT2D eigenvalue weighted by molar-refractivity contribution is 7.09. The van der Waals surface area contributed by atoms with E-state index in [4.69, 9.17) is 0 Å². The SMILES string of the molecule is CNC(=O)c1ccc(NCc2scnc2C)nn1. The molecular formula is C11H13N5OS. The molecule has 2 aromatic heterocycles. The van der Waals surface area contributed by atoms with Crippen molar-refractivity contribution in [1.82, 2.24) is 20.5 Å². The summed E-state index contributed by atoms with van der Waals surface area (Å²) in [6, 6.07) is 3.36. The van der Waals surface area contributed by atoms with Gasteiger partial charge in [-0.3, -0.25) is 4.79 Å². The maximum absolute atomic E-state index is 11.3. The van der Waals surface area contributed by atoms with Crippen LogP contribution >= 0.6 is 11.3 Å². The van der Waals surface area contributed by atoms with Gasteiger partial charge in [0.15, 0.2) is 5.69 Å². The molecule has 2 rings (SSSR count). The second kappa shape index (κ2) is 5.54. The van der Waals surface area contributed by atoms with Gasteiger partial charge in [0.05, 0.1) is 17.7 Å². The molecule has 94 valence electrons. The van der Waals surface area contributed by atoms with Crippen molar-refractivity contribution >= 4 is 23.1 Å². The summed E-state index contributed by atoms with van der Waals surface area (Å²) in [5.41, 5.74) is 3.13. The lowest BCUT2D eigenvalue weighted by Crippen LogP contribution is -2.19. The number of carbonyl (C=O) groups is 1. The molecule has 2 aromatic rings. The molecule has 7 heteroatoms. The molecule has 0 radical (unpaired) electrons. The van der Waals surface area contributed by atoms with Crippen molar-refractivity contribution in [3.05, 3.63) is 33.9 Å². The molecule has 0 aliphatic heterocycles. The zero-order valence-electron chi connectivity index (χ0n) is 10.1. The highest BCUT2D eigenvalue weighted by atomic mass is 32.1. The third kappa shape index (κ3) is 2.80. The van der Waals surface area contributed by atoms with E-state index >= 15 is 0 Å². The molecule has 0 unspecified atom stereocenters. The van der Waals surface area contributed by atoms with Crippen LogP contribution in [0.4, 0.5) is 5.82 Å². The lowest BCUT2D eigenvalue weighted by atomic mass is 10.3. The number of aryl methyl sites for hydroxylation is 1. The van der Waals surface area contributed by atoms with Gasteiger partial charge in [-0.05, 0) is 19.1 Å². The summed E-state index contributed by atoms with van der Waals surface area (Å²) in [5, 5.41) is 13.4. The number of thiazole rings is 1. The van der Waals surface area contributed by atoms with Crippen LogP contribution in [-0.4, -0.2) is 28.1 Å². The number of amides is 1. The molecule has 0 saturated heterocycles. The molecule has 6 nitrogen and oxygen atoms in total. The zero-order chi connectivity index (χ0) is 13.0. The number of aromatic nitrogens is 3. The van der Waals surface area contributed by atoms with E-state index in [9.17, 15) is 4.79 Å². The molecule has 0 atom stereocenters. The zero-order valence-corrected chi connectivity index (χ0v) is 10.9. The van der Waals surface area contributed by atoms with Gasteiger partial charge in [-0.2, -0.15) is 0 Å². The Labute approximate surface area is 108 Å². The van der Waals surface area contributed by atoms with E-state index in [0.29, 0.717) is 18.1 Å². The number of anilines is 1. The van der Waals surface area contributed by atoms with Crippen LogP contribution in [0.3, 0.4) is 0 Å². The Morgan fingerprint density at radius 3 is 2.78 bits per heavy atom. The maximum Gasteiger partial charge on any atom is 0.271 e. The molecule has 0 fully saturated rings.